The van der Waals surface area contributed by atoms with E-state index in [0.29, 0.717) is 16.4 Å². The van der Waals surface area contributed by atoms with Gasteiger partial charge in [-0.05, 0) is 19.9 Å². The second-order valence-electron chi connectivity index (χ2n) is 4.73. The maximum absolute atomic E-state index is 12.2. The molecular weight excluding hydrogens is 306 g/mol. The van der Waals surface area contributed by atoms with Gasteiger partial charge in [-0.3, -0.25) is 14.9 Å². The maximum atomic E-state index is 12.2. The lowest BCUT2D eigenvalue weighted by Crippen LogP contribution is -2.22. The fraction of sp³-hybridized carbons (Fsp3) is 0.308. The molecule has 8 nitrogen and oxygen atoms in total. The molecular formula is C13H15N5O3S. The van der Waals surface area contributed by atoms with Gasteiger partial charge in [0.05, 0.1) is 10.2 Å². The lowest BCUT2D eigenvalue weighted by Gasteiger charge is -2.11. The third-order valence-corrected chi connectivity index (χ3v) is 4.14. The summed E-state index contributed by atoms with van der Waals surface area (Å²) in [4.78, 5) is 22.6. The van der Waals surface area contributed by atoms with E-state index in [1.54, 1.807) is 43.9 Å². The number of nitrogens with one attached hydrogen (secondary N) is 1. The molecule has 0 spiro atoms. The molecule has 0 radical (unpaired) electrons. The van der Waals surface area contributed by atoms with E-state index in [2.05, 4.69) is 15.5 Å². The van der Waals surface area contributed by atoms with Gasteiger partial charge in [-0.1, -0.05) is 17.8 Å². The van der Waals surface area contributed by atoms with Crippen molar-refractivity contribution in [2.45, 2.75) is 24.3 Å². The Morgan fingerprint density at radius 3 is 2.82 bits per heavy atom. The van der Waals surface area contributed by atoms with Gasteiger partial charge in [0.1, 0.15) is 6.33 Å². The molecule has 0 saturated heterocycles. The molecule has 0 aliphatic rings. The molecule has 22 heavy (non-hydrogen) atoms. The van der Waals surface area contributed by atoms with Crippen molar-refractivity contribution in [3.63, 3.8) is 0 Å². The van der Waals surface area contributed by atoms with Crippen molar-refractivity contribution < 1.29 is 9.72 Å². The minimum Gasteiger partial charge on any atom is -0.325 e. The number of carbonyl (C=O) groups is 1. The summed E-state index contributed by atoms with van der Waals surface area (Å²) in [6.45, 7) is 3.38. The van der Waals surface area contributed by atoms with E-state index in [0.717, 1.165) is 0 Å². The predicted molar refractivity (Wildman–Crippen MR) is 82.8 cm³/mol. The van der Waals surface area contributed by atoms with Gasteiger partial charge in [0.2, 0.25) is 5.91 Å². The summed E-state index contributed by atoms with van der Waals surface area (Å²) in [5.41, 5.74) is 0.920. The molecule has 2 aromatic rings. The highest BCUT2D eigenvalue weighted by molar-refractivity contribution is 8.00. The Morgan fingerprint density at radius 1 is 1.50 bits per heavy atom. The number of aryl methyl sites for hydroxylation is 2. The summed E-state index contributed by atoms with van der Waals surface area (Å²) in [7, 11) is 1.79. The summed E-state index contributed by atoms with van der Waals surface area (Å²) in [6, 6.07) is 4.60. The summed E-state index contributed by atoms with van der Waals surface area (Å²) in [5, 5.41) is 21.4. The second-order valence-corrected chi connectivity index (χ2v) is 6.04. The van der Waals surface area contributed by atoms with E-state index in [-0.39, 0.29) is 11.6 Å². The average molecular weight is 321 g/mol. The number of nitrogens with zero attached hydrogens (tertiary/aromatic N) is 4. The molecule has 116 valence electrons. The molecule has 1 N–H and O–H groups in total. The normalized spacial score (nSPS) is 12.0. The molecule has 0 bridgehead atoms. The van der Waals surface area contributed by atoms with Crippen LogP contribution in [0, 0.1) is 17.0 Å². The Balaban J connectivity index is 2.07. The average Bonchev–Trinajstić information content (AvgIpc) is 2.86. The first-order valence-electron chi connectivity index (χ1n) is 6.45. The first-order chi connectivity index (χ1) is 10.4. The summed E-state index contributed by atoms with van der Waals surface area (Å²) < 4.78 is 1.71. The molecule has 1 aromatic heterocycles. The SMILES string of the molecule is Cc1ccc(NC(=O)C(C)Sc2nncn2C)cc1[N+](=O)[O-]. The van der Waals surface area contributed by atoms with Gasteiger partial charge < -0.3 is 9.88 Å². The fourth-order valence-corrected chi connectivity index (χ4v) is 2.51. The van der Waals surface area contributed by atoms with Gasteiger partial charge in [0.15, 0.2) is 5.16 Å². The number of hydrogen-bond acceptors (Lipinski definition) is 6. The number of amides is 1. The number of carbonyl (C=O) groups excluding carboxylic acids is 1. The second kappa shape index (κ2) is 6.56. The number of thioether (sulfide) groups is 1. The number of nitro benzene ring substituents is 1. The van der Waals surface area contributed by atoms with Gasteiger partial charge in [0.25, 0.3) is 5.69 Å². The molecule has 0 aliphatic heterocycles. The van der Waals surface area contributed by atoms with Crippen molar-refractivity contribution in [3.05, 3.63) is 40.2 Å². The molecule has 1 unspecified atom stereocenters. The molecule has 1 aromatic carbocycles. The zero-order chi connectivity index (χ0) is 16.3. The highest BCUT2D eigenvalue weighted by Crippen LogP contribution is 2.24. The Morgan fingerprint density at radius 2 is 2.23 bits per heavy atom. The van der Waals surface area contributed by atoms with Crippen LogP contribution in [0.4, 0.5) is 11.4 Å². The number of benzene rings is 1. The van der Waals surface area contributed by atoms with Crippen LogP contribution in [0.1, 0.15) is 12.5 Å². The first-order valence-corrected chi connectivity index (χ1v) is 7.33. The van der Waals surface area contributed by atoms with Gasteiger partial charge in [0, 0.05) is 24.4 Å². The third kappa shape index (κ3) is 3.61. The fourth-order valence-electron chi connectivity index (χ4n) is 1.72. The number of anilines is 1. The Kier molecular flexibility index (Phi) is 4.76. The van der Waals surface area contributed by atoms with Crippen LogP contribution in [0.25, 0.3) is 0 Å². The lowest BCUT2D eigenvalue weighted by molar-refractivity contribution is -0.385. The summed E-state index contributed by atoms with van der Waals surface area (Å²) in [6.07, 6.45) is 1.55. The van der Waals surface area contributed by atoms with Crippen LogP contribution < -0.4 is 5.32 Å². The van der Waals surface area contributed by atoms with E-state index in [9.17, 15) is 14.9 Å². The molecule has 1 atom stereocenters. The van der Waals surface area contributed by atoms with Crippen molar-refractivity contribution in [2.24, 2.45) is 7.05 Å². The quantitative estimate of drug-likeness (QED) is 0.514. The Labute approximate surface area is 131 Å². The van der Waals surface area contributed by atoms with E-state index in [4.69, 9.17) is 0 Å². The van der Waals surface area contributed by atoms with Crippen LogP contribution in [-0.4, -0.2) is 30.8 Å². The van der Waals surface area contributed by atoms with Crippen molar-refractivity contribution in [1.82, 2.24) is 14.8 Å². The van der Waals surface area contributed by atoms with Crippen LogP contribution in [0.5, 0.6) is 0 Å². The van der Waals surface area contributed by atoms with Crippen LogP contribution in [0.3, 0.4) is 0 Å². The first kappa shape index (κ1) is 16.0. The molecule has 0 saturated carbocycles. The lowest BCUT2D eigenvalue weighted by atomic mass is 10.2. The van der Waals surface area contributed by atoms with Crippen LogP contribution in [0.15, 0.2) is 29.7 Å². The molecule has 0 aliphatic carbocycles. The molecule has 2 rings (SSSR count). The van der Waals surface area contributed by atoms with Crippen LogP contribution in [-0.2, 0) is 11.8 Å². The zero-order valence-corrected chi connectivity index (χ0v) is 13.1. The van der Waals surface area contributed by atoms with E-state index >= 15 is 0 Å². The number of hydrogen-bond donors (Lipinski definition) is 1. The summed E-state index contributed by atoms with van der Waals surface area (Å²) in [5.74, 6) is -0.258. The van der Waals surface area contributed by atoms with Gasteiger partial charge in [-0.25, -0.2) is 0 Å². The van der Waals surface area contributed by atoms with E-state index < -0.39 is 10.2 Å². The van der Waals surface area contributed by atoms with Crippen molar-refractivity contribution in [2.75, 3.05) is 5.32 Å². The van der Waals surface area contributed by atoms with Gasteiger partial charge in [-0.15, -0.1) is 10.2 Å². The predicted octanol–water partition coefficient (Wildman–Crippen LogP) is 2.15. The Hall–Kier alpha value is -2.42. The molecule has 0 fully saturated rings. The smallest absolute Gasteiger partial charge is 0.274 e. The Bertz CT molecular complexity index is 715. The van der Waals surface area contributed by atoms with E-state index in [1.165, 1.54) is 17.8 Å². The molecule has 1 amide bonds. The molecule has 1 heterocycles. The highest BCUT2D eigenvalue weighted by Gasteiger charge is 2.18. The highest BCUT2D eigenvalue weighted by atomic mass is 32.2. The molecule has 9 heteroatoms. The maximum Gasteiger partial charge on any atom is 0.274 e. The van der Waals surface area contributed by atoms with Crippen molar-refractivity contribution >= 4 is 29.0 Å². The van der Waals surface area contributed by atoms with Gasteiger partial charge >= 0.3 is 0 Å². The summed E-state index contributed by atoms with van der Waals surface area (Å²) >= 11 is 1.26. The van der Waals surface area contributed by atoms with Crippen molar-refractivity contribution in [3.8, 4) is 0 Å². The van der Waals surface area contributed by atoms with E-state index in [1.807, 2.05) is 0 Å². The number of nitro groups is 1. The van der Waals surface area contributed by atoms with Crippen molar-refractivity contribution in [1.29, 1.82) is 0 Å². The minimum absolute atomic E-state index is 0.0218. The standard InChI is InChI=1S/C13H15N5O3S/c1-8-4-5-10(6-11(8)18(20)21)15-12(19)9(2)22-13-16-14-7-17(13)3/h4-7,9H,1-3H3,(H,15,19). The third-order valence-electron chi connectivity index (χ3n) is 2.99. The van der Waals surface area contributed by atoms with Gasteiger partial charge in [-0.2, -0.15) is 0 Å². The number of rotatable bonds is 5. The topological polar surface area (TPSA) is 103 Å². The monoisotopic (exact) mass is 321 g/mol. The zero-order valence-electron chi connectivity index (χ0n) is 12.3. The van der Waals surface area contributed by atoms with Crippen LogP contribution >= 0.6 is 11.8 Å². The van der Waals surface area contributed by atoms with Crippen LogP contribution in [0.2, 0.25) is 0 Å². The number of aromatic nitrogens is 3. The minimum atomic E-state index is -0.470. The largest absolute Gasteiger partial charge is 0.325 e.